The van der Waals surface area contributed by atoms with Gasteiger partial charge < -0.3 is 24.8 Å². The smallest absolute Gasteiger partial charge is 0.292 e. The molecule has 2 atom stereocenters. The van der Waals surface area contributed by atoms with Crippen LogP contribution in [0, 0.1) is 16.3 Å². The average Bonchev–Trinajstić information content (AvgIpc) is 3.25. The van der Waals surface area contributed by atoms with E-state index in [0.717, 1.165) is 9.13 Å². The Morgan fingerprint density at radius 1 is 1.45 bits per heavy atom. The largest absolute Gasteiger partial charge is 0.448 e. The van der Waals surface area contributed by atoms with E-state index in [9.17, 15) is 19.4 Å². The number of hydrogen-bond donors (Lipinski definition) is 3. The Morgan fingerprint density at radius 2 is 2.24 bits per heavy atom. The van der Waals surface area contributed by atoms with Crippen molar-refractivity contribution in [3.63, 3.8) is 0 Å². The highest BCUT2D eigenvalue weighted by atomic mass is 127. The number of rotatable bonds is 4. The highest BCUT2D eigenvalue weighted by Crippen LogP contribution is 2.37. The van der Waals surface area contributed by atoms with E-state index in [1.165, 1.54) is 11.0 Å². The van der Waals surface area contributed by atoms with E-state index >= 15 is 0 Å². The second kappa shape index (κ2) is 7.88. The normalized spacial score (nSPS) is 19.1. The molecule has 3 N–H and O–H groups in total. The zero-order valence-corrected chi connectivity index (χ0v) is 17.7. The first-order valence-corrected chi connectivity index (χ1v) is 10.2. The summed E-state index contributed by atoms with van der Waals surface area (Å²) in [5, 5.41) is 23.1. The summed E-state index contributed by atoms with van der Waals surface area (Å²) in [6.07, 6.45) is 2.75. The van der Waals surface area contributed by atoms with Crippen molar-refractivity contribution in [2.45, 2.75) is 25.5 Å². The molecular weight excluding hydrogens is 492 g/mol. The molecule has 1 aliphatic rings. The number of aliphatic hydroxyl groups excluding tert-OH is 2. The van der Waals surface area contributed by atoms with Crippen molar-refractivity contribution in [2.24, 2.45) is 0 Å². The topological polar surface area (TPSA) is 98.8 Å². The highest BCUT2D eigenvalue weighted by molar-refractivity contribution is 14.1. The van der Waals surface area contributed by atoms with Gasteiger partial charge in [0, 0.05) is 28.1 Å². The number of aliphatic hydroxyl groups is 2. The maximum atomic E-state index is 14.4. The SMILES string of the molecule is Cc1cncc2c(Nc3ccc(I)cc3F)c(C(=O)N3C[C@H](O)C[C@H]3CO)oc12. The van der Waals surface area contributed by atoms with E-state index in [2.05, 4.69) is 10.3 Å². The molecule has 1 amide bonds. The first-order chi connectivity index (χ1) is 13.9. The molecule has 0 saturated carbocycles. The summed E-state index contributed by atoms with van der Waals surface area (Å²) in [5.74, 6) is -0.957. The second-order valence-corrected chi connectivity index (χ2v) is 8.32. The number of β-amino-alcohol motifs (C(OH)–C–C–N with tert-alkyl or cyclic N) is 1. The monoisotopic (exact) mass is 511 g/mol. The quantitative estimate of drug-likeness (QED) is 0.466. The fraction of sp³-hybridized carbons (Fsp3) is 0.300. The molecular formula is C20H19FIN3O4. The zero-order chi connectivity index (χ0) is 20.7. The van der Waals surface area contributed by atoms with Gasteiger partial charge in [-0.3, -0.25) is 9.78 Å². The molecule has 9 heteroatoms. The Labute approximate surface area is 179 Å². The third-order valence-corrected chi connectivity index (χ3v) is 5.70. The Bertz CT molecular complexity index is 1090. The van der Waals surface area contributed by atoms with Crippen molar-refractivity contribution < 1.29 is 23.8 Å². The third kappa shape index (κ3) is 3.69. The number of anilines is 2. The molecule has 1 aliphatic heterocycles. The zero-order valence-electron chi connectivity index (χ0n) is 15.5. The van der Waals surface area contributed by atoms with Crippen LogP contribution in [0.25, 0.3) is 11.0 Å². The van der Waals surface area contributed by atoms with Crippen LogP contribution in [-0.4, -0.2) is 51.3 Å². The van der Waals surface area contributed by atoms with Crippen molar-refractivity contribution in [1.82, 2.24) is 9.88 Å². The van der Waals surface area contributed by atoms with Crippen LogP contribution in [0.4, 0.5) is 15.8 Å². The Morgan fingerprint density at radius 3 is 2.97 bits per heavy atom. The number of fused-ring (bicyclic) bond motifs is 1. The molecule has 1 fully saturated rings. The average molecular weight is 511 g/mol. The molecule has 3 heterocycles. The Hall–Kier alpha value is -2.24. The van der Waals surface area contributed by atoms with Crippen LogP contribution < -0.4 is 5.32 Å². The predicted molar refractivity (Wildman–Crippen MR) is 114 cm³/mol. The molecule has 2 aromatic heterocycles. The second-order valence-electron chi connectivity index (χ2n) is 7.07. The molecule has 7 nitrogen and oxygen atoms in total. The number of aryl methyl sites for hydroxylation is 1. The number of hydrogen-bond acceptors (Lipinski definition) is 6. The number of amides is 1. The lowest BCUT2D eigenvalue weighted by Crippen LogP contribution is -2.38. The number of likely N-dealkylation sites (tertiary alicyclic amines) is 1. The molecule has 152 valence electrons. The molecule has 4 rings (SSSR count). The fourth-order valence-corrected chi connectivity index (χ4v) is 4.04. The van der Waals surface area contributed by atoms with E-state index in [4.69, 9.17) is 4.42 Å². The molecule has 3 aromatic rings. The van der Waals surface area contributed by atoms with Gasteiger partial charge in [-0.05, 0) is 54.1 Å². The van der Waals surface area contributed by atoms with Gasteiger partial charge >= 0.3 is 0 Å². The van der Waals surface area contributed by atoms with E-state index in [1.54, 1.807) is 31.5 Å². The standard InChI is InChI=1S/C20H19FIN3O4/c1-10-6-23-7-14-17(24-16-3-2-11(22)4-15(16)21)19(29-18(10)14)20(28)25-8-13(27)5-12(25)9-26/h2-4,6-7,12-13,24,26-27H,5,8-9H2,1H3/t12-,13+/m0/s1. The minimum absolute atomic E-state index is 0.0124. The van der Waals surface area contributed by atoms with Crippen molar-refractivity contribution in [3.05, 3.63) is 51.3 Å². The number of pyridine rings is 1. The van der Waals surface area contributed by atoms with Gasteiger partial charge in [0.15, 0.2) is 0 Å². The van der Waals surface area contributed by atoms with Crippen LogP contribution >= 0.6 is 22.6 Å². The van der Waals surface area contributed by atoms with Crippen molar-refractivity contribution in [1.29, 1.82) is 0 Å². The molecule has 0 bridgehead atoms. The molecule has 0 unspecified atom stereocenters. The van der Waals surface area contributed by atoms with Gasteiger partial charge in [-0.25, -0.2) is 4.39 Å². The molecule has 0 aliphatic carbocycles. The number of carbonyl (C=O) groups excluding carboxylic acids is 1. The van der Waals surface area contributed by atoms with Crippen LogP contribution in [0.5, 0.6) is 0 Å². The summed E-state index contributed by atoms with van der Waals surface area (Å²) in [6.45, 7) is 1.63. The molecule has 1 saturated heterocycles. The first kappa shape index (κ1) is 20.0. The van der Waals surface area contributed by atoms with Gasteiger partial charge in [-0.15, -0.1) is 0 Å². The van der Waals surface area contributed by atoms with E-state index < -0.39 is 23.9 Å². The van der Waals surface area contributed by atoms with Crippen molar-refractivity contribution >= 4 is 50.8 Å². The fourth-order valence-electron chi connectivity index (χ4n) is 3.59. The van der Waals surface area contributed by atoms with E-state index in [0.29, 0.717) is 16.7 Å². The van der Waals surface area contributed by atoms with Gasteiger partial charge in [0.1, 0.15) is 17.1 Å². The summed E-state index contributed by atoms with van der Waals surface area (Å²) in [7, 11) is 0. The Kier molecular flexibility index (Phi) is 5.45. The van der Waals surface area contributed by atoms with Crippen LogP contribution in [-0.2, 0) is 0 Å². The minimum atomic E-state index is -0.714. The van der Waals surface area contributed by atoms with E-state index in [1.807, 2.05) is 22.6 Å². The summed E-state index contributed by atoms with van der Waals surface area (Å²) in [5.41, 5.74) is 1.70. The number of aromatic nitrogens is 1. The molecule has 0 spiro atoms. The van der Waals surface area contributed by atoms with Gasteiger partial charge in [0.25, 0.3) is 5.91 Å². The lowest BCUT2D eigenvalue weighted by atomic mass is 10.2. The Balaban J connectivity index is 1.82. The van der Waals surface area contributed by atoms with Crippen LogP contribution in [0.1, 0.15) is 22.5 Å². The third-order valence-electron chi connectivity index (χ3n) is 5.02. The van der Waals surface area contributed by atoms with Crippen LogP contribution in [0.15, 0.2) is 35.0 Å². The van der Waals surface area contributed by atoms with Crippen molar-refractivity contribution in [2.75, 3.05) is 18.5 Å². The first-order valence-electron chi connectivity index (χ1n) is 9.08. The summed E-state index contributed by atoms with van der Waals surface area (Å²) < 4.78 is 21.1. The minimum Gasteiger partial charge on any atom is -0.448 e. The number of carbonyl (C=O) groups is 1. The van der Waals surface area contributed by atoms with E-state index in [-0.39, 0.29) is 31.0 Å². The van der Waals surface area contributed by atoms with Gasteiger partial charge in [0.05, 0.1) is 29.8 Å². The van der Waals surface area contributed by atoms with Gasteiger partial charge in [-0.1, -0.05) is 0 Å². The van der Waals surface area contributed by atoms with Crippen molar-refractivity contribution in [3.8, 4) is 0 Å². The lowest BCUT2D eigenvalue weighted by Gasteiger charge is -2.22. The number of furan rings is 1. The molecule has 1 aromatic carbocycles. The number of benzene rings is 1. The van der Waals surface area contributed by atoms with Crippen LogP contribution in [0.3, 0.4) is 0 Å². The highest BCUT2D eigenvalue weighted by Gasteiger charge is 2.37. The number of nitrogens with one attached hydrogen (secondary N) is 1. The maximum absolute atomic E-state index is 14.4. The number of halogens is 2. The lowest BCUT2D eigenvalue weighted by molar-refractivity contribution is 0.0637. The summed E-state index contributed by atoms with van der Waals surface area (Å²) >= 11 is 2.02. The summed E-state index contributed by atoms with van der Waals surface area (Å²) in [6, 6.07) is 4.21. The van der Waals surface area contributed by atoms with Gasteiger partial charge in [-0.2, -0.15) is 0 Å². The van der Waals surface area contributed by atoms with Gasteiger partial charge in [0.2, 0.25) is 5.76 Å². The number of nitrogens with zero attached hydrogens (tertiary/aromatic N) is 2. The van der Waals surface area contributed by atoms with Crippen LogP contribution in [0.2, 0.25) is 0 Å². The molecule has 29 heavy (non-hydrogen) atoms. The molecule has 0 radical (unpaired) electrons. The summed E-state index contributed by atoms with van der Waals surface area (Å²) in [4.78, 5) is 18.8. The predicted octanol–water partition coefficient (Wildman–Crippen LogP) is 3.19. The maximum Gasteiger partial charge on any atom is 0.292 e.